The lowest BCUT2D eigenvalue weighted by atomic mass is 9.97. The highest BCUT2D eigenvalue weighted by Gasteiger charge is 2.24. The minimum atomic E-state index is -0.265. The zero-order valence-electron chi connectivity index (χ0n) is 15.6. The van der Waals surface area contributed by atoms with E-state index in [4.69, 9.17) is 17.3 Å². The van der Waals surface area contributed by atoms with E-state index in [9.17, 15) is 9.59 Å². The fourth-order valence-electron chi connectivity index (χ4n) is 3.08. The first-order valence-electron chi connectivity index (χ1n) is 9.16. The number of anilines is 2. The maximum atomic E-state index is 12.4. The lowest BCUT2D eigenvalue weighted by Gasteiger charge is -2.32. The first kappa shape index (κ1) is 20.5. The number of nitrogens with one attached hydrogen (secondary N) is 1. The Morgan fingerprint density at radius 3 is 2.68 bits per heavy atom. The molecule has 1 aliphatic rings. The van der Waals surface area contributed by atoms with Crippen LogP contribution in [-0.4, -0.2) is 35.1 Å². The summed E-state index contributed by atoms with van der Waals surface area (Å²) in [5.41, 5.74) is 6.07. The molecule has 0 aliphatic carbocycles. The number of halogens is 1. The van der Waals surface area contributed by atoms with Crippen molar-refractivity contribution in [1.29, 1.82) is 0 Å². The van der Waals surface area contributed by atoms with E-state index < -0.39 is 0 Å². The average Bonchev–Trinajstić information content (AvgIpc) is 2.70. The van der Waals surface area contributed by atoms with Gasteiger partial charge in [-0.05, 0) is 56.2 Å². The number of amides is 2. The number of primary amides is 1. The Bertz CT molecular complexity index is 829. The van der Waals surface area contributed by atoms with Crippen LogP contribution in [0.4, 0.5) is 11.5 Å². The second-order valence-corrected chi connectivity index (χ2v) is 8.65. The number of nitrogens with two attached hydrogens (primary N) is 1. The summed E-state index contributed by atoms with van der Waals surface area (Å²) >= 11 is 7.35. The first-order valence-corrected chi connectivity index (χ1v) is 10.4. The van der Waals surface area contributed by atoms with Gasteiger partial charge in [-0.1, -0.05) is 11.6 Å². The normalized spacial score (nSPS) is 17.8. The van der Waals surface area contributed by atoms with Crippen molar-refractivity contribution in [1.82, 2.24) is 4.98 Å². The molecule has 6 nitrogen and oxygen atoms in total. The van der Waals surface area contributed by atoms with Crippen molar-refractivity contribution in [3.05, 3.63) is 47.6 Å². The molecule has 148 valence electrons. The molecule has 3 rings (SSSR count). The van der Waals surface area contributed by atoms with Crippen LogP contribution in [0.2, 0.25) is 5.02 Å². The number of hydrogen-bond donors (Lipinski definition) is 2. The third-order valence-corrected chi connectivity index (χ3v) is 6.02. The molecule has 0 spiro atoms. The monoisotopic (exact) mass is 418 g/mol. The van der Waals surface area contributed by atoms with E-state index >= 15 is 0 Å². The minimum absolute atomic E-state index is 0.0961. The number of piperidine rings is 1. The van der Waals surface area contributed by atoms with Crippen molar-refractivity contribution in [3.8, 4) is 0 Å². The summed E-state index contributed by atoms with van der Waals surface area (Å²) in [5, 5.41) is 3.29. The van der Waals surface area contributed by atoms with Crippen LogP contribution in [0.25, 0.3) is 0 Å². The van der Waals surface area contributed by atoms with Crippen molar-refractivity contribution < 1.29 is 9.59 Å². The topological polar surface area (TPSA) is 88.3 Å². The molecule has 0 bridgehead atoms. The molecule has 2 heterocycles. The summed E-state index contributed by atoms with van der Waals surface area (Å²) in [5.74, 6) is 0.287. The van der Waals surface area contributed by atoms with Crippen LogP contribution in [0.1, 0.15) is 19.8 Å². The second kappa shape index (κ2) is 9.30. The Balaban J connectivity index is 1.56. The van der Waals surface area contributed by atoms with Crippen LogP contribution in [0.5, 0.6) is 0 Å². The van der Waals surface area contributed by atoms with E-state index in [2.05, 4.69) is 15.2 Å². The van der Waals surface area contributed by atoms with Crippen LogP contribution in [0, 0.1) is 5.92 Å². The molecule has 1 fully saturated rings. The maximum absolute atomic E-state index is 12.4. The molecule has 2 aromatic rings. The van der Waals surface area contributed by atoms with Crippen LogP contribution in [0.15, 0.2) is 47.5 Å². The van der Waals surface area contributed by atoms with Gasteiger partial charge in [-0.15, -0.1) is 11.8 Å². The number of aromatic nitrogens is 1. The summed E-state index contributed by atoms with van der Waals surface area (Å²) in [6.07, 6.45) is 3.37. The third kappa shape index (κ3) is 5.39. The van der Waals surface area contributed by atoms with E-state index in [1.807, 2.05) is 31.2 Å². The number of carbonyl (C=O) groups is 2. The molecule has 1 saturated heterocycles. The molecule has 0 saturated carbocycles. The first-order chi connectivity index (χ1) is 13.4. The minimum Gasteiger partial charge on any atom is -0.369 e. The quantitative estimate of drug-likeness (QED) is 0.700. The van der Waals surface area contributed by atoms with Crippen molar-refractivity contribution in [2.24, 2.45) is 11.7 Å². The Hall–Kier alpha value is -2.25. The molecular weight excluding hydrogens is 396 g/mol. The lowest BCUT2D eigenvalue weighted by Crippen LogP contribution is -2.41. The van der Waals surface area contributed by atoms with Crippen molar-refractivity contribution in [2.45, 2.75) is 29.9 Å². The van der Waals surface area contributed by atoms with Gasteiger partial charge < -0.3 is 16.0 Å². The standard InChI is InChI=1S/C20H23ClN4O2S/c1-13(28-17-7-4-15(21)5-8-17)20(27)24-16-6-9-18(23-11-16)25-10-2-3-14(12-25)19(22)26/h4-9,11,13-14H,2-3,10,12H2,1H3,(H2,22,26)(H,24,27). The van der Waals surface area contributed by atoms with Crippen LogP contribution in [0.3, 0.4) is 0 Å². The highest BCUT2D eigenvalue weighted by Crippen LogP contribution is 2.26. The predicted molar refractivity (Wildman–Crippen MR) is 114 cm³/mol. The van der Waals surface area contributed by atoms with Gasteiger partial charge in [0.1, 0.15) is 5.82 Å². The van der Waals surface area contributed by atoms with Gasteiger partial charge >= 0.3 is 0 Å². The number of carbonyl (C=O) groups excluding carboxylic acids is 2. The molecule has 1 aromatic heterocycles. The second-order valence-electron chi connectivity index (χ2n) is 6.80. The molecule has 8 heteroatoms. The van der Waals surface area contributed by atoms with Gasteiger partial charge in [0.15, 0.2) is 0 Å². The van der Waals surface area contributed by atoms with Gasteiger partial charge in [0, 0.05) is 23.0 Å². The highest BCUT2D eigenvalue weighted by molar-refractivity contribution is 8.00. The molecule has 1 aromatic carbocycles. The molecule has 0 radical (unpaired) electrons. The van der Waals surface area contributed by atoms with Crippen molar-refractivity contribution in [2.75, 3.05) is 23.3 Å². The number of nitrogens with zero attached hydrogens (tertiary/aromatic N) is 2. The maximum Gasteiger partial charge on any atom is 0.237 e. The number of hydrogen-bond acceptors (Lipinski definition) is 5. The number of benzene rings is 1. The molecule has 1 aliphatic heterocycles. The fourth-order valence-corrected chi connectivity index (χ4v) is 4.07. The molecule has 28 heavy (non-hydrogen) atoms. The fraction of sp³-hybridized carbons (Fsp3) is 0.350. The molecule has 2 atom stereocenters. The molecular formula is C20H23ClN4O2S. The molecule has 3 N–H and O–H groups in total. The Morgan fingerprint density at radius 2 is 2.04 bits per heavy atom. The van der Waals surface area contributed by atoms with E-state index in [0.29, 0.717) is 17.3 Å². The van der Waals surface area contributed by atoms with E-state index in [-0.39, 0.29) is 23.0 Å². The van der Waals surface area contributed by atoms with Crippen LogP contribution in [-0.2, 0) is 9.59 Å². The summed E-state index contributed by atoms with van der Waals surface area (Å²) in [6.45, 7) is 3.29. The third-order valence-electron chi connectivity index (χ3n) is 4.66. The summed E-state index contributed by atoms with van der Waals surface area (Å²) in [7, 11) is 0. The van der Waals surface area contributed by atoms with Gasteiger partial charge in [-0.3, -0.25) is 9.59 Å². The van der Waals surface area contributed by atoms with Gasteiger partial charge in [0.05, 0.1) is 23.1 Å². The van der Waals surface area contributed by atoms with Gasteiger partial charge in [0.2, 0.25) is 11.8 Å². The smallest absolute Gasteiger partial charge is 0.237 e. The lowest BCUT2D eigenvalue weighted by molar-refractivity contribution is -0.122. The predicted octanol–water partition coefficient (Wildman–Crippen LogP) is 3.56. The molecule has 2 amide bonds. The Labute approximate surface area is 173 Å². The molecule has 2 unspecified atom stereocenters. The summed E-state index contributed by atoms with van der Waals surface area (Å²) in [4.78, 5) is 31.4. The van der Waals surface area contributed by atoms with Gasteiger partial charge in [0.25, 0.3) is 0 Å². The van der Waals surface area contributed by atoms with Gasteiger partial charge in [-0.25, -0.2) is 4.98 Å². The van der Waals surface area contributed by atoms with Gasteiger partial charge in [-0.2, -0.15) is 0 Å². The zero-order valence-corrected chi connectivity index (χ0v) is 17.2. The van der Waals surface area contributed by atoms with Crippen LogP contribution < -0.4 is 16.0 Å². The average molecular weight is 419 g/mol. The van der Waals surface area contributed by atoms with E-state index in [1.165, 1.54) is 11.8 Å². The van der Waals surface area contributed by atoms with E-state index in [0.717, 1.165) is 30.1 Å². The zero-order chi connectivity index (χ0) is 20.1. The van der Waals surface area contributed by atoms with E-state index in [1.54, 1.807) is 18.3 Å². The summed E-state index contributed by atoms with van der Waals surface area (Å²) < 4.78 is 0. The number of rotatable bonds is 6. The number of pyridine rings is 1. The Kier molecular flexibility index (Phi) is 6.80. The largest absolute Gasteiger partial charge is 0.369 e. The SMILES string of the molecule is CC(Sc1ccc(Cl)cc1)C(=O)Nc1ccc(N2CCCC(C(N)=O)C2)nc1. The van der Waals surface area contributed by atoms with Crippen LogP contribution >= 0.6 is 23.4 Å². The highest BCUT2D eigenvalue weighted by atomic mass is 35.5. The Morgan fingerprint density at radius 1 is 1.29 bits per heavy atom. The summed E-state index contributed by atoms with van der Waals surface area (Å²) in [6, 6.07) is 11.1. The van der Waals surface area contributed by atoms with Crippen molar-refractivity contribution in [3.63, 3.8) is 0 Å². The number of thioether (sulfide) groups is 1. The van der Waals surface area contributed by atoms with Crippen molar-refractivity contribution >= 4 is 46.7 Å².